The molecule has 0 amide bonds. The van der Waals surface area contributed by atoms with Crippen LogP contribution in [0.25, 0.3) is 0 Å². The molecule has 0 aliphatic heterocycles. The molecule has 84 valence electrons. The Morgan fingerprint density at radius 3 is 2.50 bits per heavy atom. The van der Waals surface area contributed by atoms with Crippen molar-refractivity contribution in [1.82, 2.24) is 0 Å². The third kappa shape index (κ3) is 2.71. The summed E-state index contributed by atoms with van der Waals surface area (Å²) in [6.07, 6.45) is 0. The molecule has 1 unspecified atom stereocenters. The monoisotopic (exact) mass is 470 g/mol. The molecule has 4 heteroatoms. The van der Waals surface area contributed by atoms with Gasteiger partial charge in [0.25, 0.3) is 0 Å². The number of benzene rings is 1. The average Bonchev–Trinajstić information content (AvgIpc) is 2.58. The summed E-state index contributed by atoms with van der Waals surface area (Å²) in [6, 6.07) is 10.7. The number of hydrogen-bond donors (Lipinski definition) is 0. The van der Waals surface area contributed by atoms with E-state index in [1.165, 1.54) is 23.4 Å². The second kappa shape index (κ2) is 5.50. The molecule has 0 spiro atoms. The molecule has 16 heavy (non-hydrogen) atoms. The van der Waals surface area contributed by atoms with Gasteiger partial charge in [-0.1, -0.05) is 34.1 Å². The molecule has 1 heterocycles. The molecule has 1 aromatic heterocycles. The van der Waals surface area contributed by atoms with E-state index in [4.69, 9.17) is 0 Å². The molecular formula is C12H9Br2IS. The Morgan fingerprint density at radius 2 is 1.94 bits per heavy atom. The molecule has 0 N–H and O–H groups in total. The van der Waals surface area contributed by atoms with E-state index in [0.717, 1.165) is 0 Å². The van der Waals surface area contributed by atoms with E-state index in [1.54, 1.807) is 11.3 Å². The summed E-state index contributed by atoms with van der Waals surface area (Å²) in [5.41, 5.74) is 2.68. The van der Waals surface area contributed by atoms with Crippen LogP contribution in [0, 0.1) is 10.5 Å². The third-order valence-corrected chi connectivity index (χ3v) is 5.92. The van der Waals surface area contributed by atoms with Crippen molar-refractivity contribution in [3.8, 4) is 0 Å². The predicted octanol–water partition coefficient (Wildman–Crippen LogP) is 5.91. The highest BCUT2D eigenvalue weighted by molar-refractivity contribution is 14.1. The van der Waals surface area contributed by atoms with Gasteiger partial charge in [0.1, 0.15) is 0 Å². The fourth-order valence-corrected chi connectivity index (χ4v) is 5.46. The summed E-state index contributed by atoms with van der Waals surface area (Å²) in [5.74, 6) is 0. The lowest BCUT2D eigenvalue weighted by molar-refractivity contribution is 1.16. The molecule has 0 fully saturated rings. The molecule has 1 atom stereocenters. The lowest BCUT2D eigenvalue weighted by Crippen LogP contribution is -1.95. The first kappa shape index (κ1) is 13.1. The summed E-state index contributed by atoms with van der Waals surface area (Å²) in [4.78, 5) is 1.64. The van der Waals surface area contributed by atoms with Crippen molar-refractivity contribution in [1.29, 1.82) is 0 Å². The number of thiophene rings is 1. The number of alkyl halides is 1. The molecule has 2 aromatic rings. The van der Waals surface area contributed by atoms with Gasteiger partial charge in [-0.15, -0.1) is 11.3 Å². The summed E-state index contributed by atoms with van der Waals surface area (Å²) in [5, 5.41) is 0. The Kier molecular flexibility index (Phi) is 4.49. The van der Waals surface area contributed by atoms with E-state index >= 15 is 0 Å². The van der Waals surface area contributed by atoms with Gasteiger partial charge in [-0.25, -0.2) is 0 Å². The van der Waals surface area contributed by atoms with Crippen molar-refractivity contribution in [2.75, 3.05) is 0 Å². The number of aryl methyl sites for hydroxylation is 1. The SMILES string of the molecule is Cc1sc(Br)cc1C(Br)c1ccccc1I. The highest BCUT2D eigenvalue weighted by Crippen LogP contribution is 2.39. The van der Waals surface area contributed by atoms with Gasteiger partial charge in [-0.2, -0.15) is 0 Å². The molecule has 0 aliphatic carbocycles. The molecule has 1 aromatic carbocycles. The molecule has 0 saturated carbocycles. The van der Waals surface area contributed by atoms with E-state index in [9.17, 15) is 0 Å². The van der Waals surface area contributed by atoms with Crippen molar-refractivity contribution in [2.45, 2.75) is 11.8 Å². The summed E-state index contributed by atoms with van der Waals surface area (Å²) < 4.78 is 2.49. The van der Waals surface area contributed by atoms with Crippen molar-refractivity contribution in [3.63, 3.8) is 0 Å². The molecule has 0 nitrogen and oxygen atoms in total. The second-order valence-corrected chi connectivity index (χ2v) is 8.16. The van der Waals surface area contributed by atoms with Crippen LogP contribution < -0.4 is 0 Å². The van der Waals surface area contributed by atoms with Crippen molar-refractivity contribution in [2.24, 2.45) is 0 Å². The average molecular weight is 472 g/mol. The number of halogens is 3. The molecule has 0 radical (unpaired) electrons. The van der Waals surface area contributed by atoms with Crippen LogP contribution in [-0.2, 0) is 0 Å². The first-order valence-corrected chi connectivity index (χ1v) is 8.34. The zero-order chi connectivity index (χ0) is 11.7. The minimum atomic E-state index is 0.281. The normalized spacial score (nSPS) is 12.8. The maximum absolute atomic E-state index is 3.79. The predicted molar refractivity (Wildman–Crippen MR) is 86.7 cm³/mol. The fraction of sp³-hybridized carbons (Fsp3) is 0.167. The maximum Gasteiger partial charge on any atom is 0.0704 e. The van der Waals surface area contributed by atoms with Gasteiger partial charge in [-0.3, -0.25) is 0 Å². The largest absolute Gasteiger partial charge is 0.133 e. The quantitative estimate of drug-likeness (QED) is 0.377. The maximum atomic E-state index is 3.79. The minimum absolute atomic E-state index is 0.281. The summed E-state index contributed by atoms with van der Waals surface area (Å²) in [6.45, 7) is 2.16. The van der Waals surface area contributed by atoms with Crippen LogP contribution in [0.2, 0.25) is 0 Å². The van der Waals surface area contributed by atoms with Crippen LogP contribution in [-0.4, -0.2) is 0 Å². The summed E-state index contributed by atoms with van der Waals surface area (Å²) in [7, 11) is 0. The Balaban J connectivity index is 2.43. The van der Waals surface area contributed by atoms with E-state index in [0.29, 0.717) is 0 Å². The van der Waals surface area contributed by atoms with Crippen LogP contribution in [0.1, 0.15) is 20.8 Å². The van der Waals surface area contributed by atoms with Gasteiger partial charge in [0.15, 0.2) is 0 Å². The van der Waals surface area contributed by atoms with Crippen LogP contribution in [0.4, 0.5) is 0 Å². The highest BCUT2D eigenvalue weighted by atomic mass is 127. The Hall–Kier alpha value is 0.610. The van der Waals surface area contributed by atoms with Crippen molar-refractivity contribution >= 4 is 65.8 Å². The van der Waals surface area contributed by atoms with Crippen LogP contribution >= 0.6 is 65.8 Å². The standard InChI is InChI=1S/C12H9Br2IS/c1-7-9(6-11(13)16-7)12(14)8-4-2-3-5-10(8)15/h2-6,12H,1H3. The van der Waals surface area contributed by atoms with Gasteiger partial charge in [-0.05, 0) is 68.7 Å². The van der Waals surface area contributed by atoms with Crippen LogP contribution in [0.5, 0.6) is 0 Å². The van der Waals surface area contributed by atoms with Gasteiger partial charge in [0.05, 0.1) is 8.61 Å². The van der Waals surface area contributed by atoms with E-state index < -0.39 is 0 Å². The first-order chi connectivity index (χ1) is 7.59. The molecular weight excluding hydrogens is 463 g/mol. The fourth-order valence-electron chi connectivity index (χ4n) is 1.56. The minimum Gasteiger partial charge on any atom is -0.133 e. The number of hydrogen-bond acceptors (Lipinski definition) is 1. The van der Waals surface area contributed by atoms with E-state index in [-0.39, 0.29) is 4.83 Å². The molecule has 0 bridgehead atoms. The second-order valence-electron chi connectivity index (χ2n) is 3.45. The highest BCUT2D eigenvalue weighted by Gasteiger charge is 2.17. The van der Waals surface area contributed by atoms with Gasteiger partial charge >= 0.3 is 0 Å². The topological polar surface area (TPSA) is 0 Å². The van der Waals surface area contributed by atoms with Crippen LogP contribution in [0.15, 0.2) is 34.1 Å². The van der Waals surface area contributed by atoms with Gasteiger partial charge < -0.3 is 0 Å². The molecule has 0 saturated heterocycles. The zero-order valence-corrected chi connectivity index (χ0v) is 14.7. The lowest BCUT2D eigenvalue weighted by Gasteiger charge is -2.11. The Morgan fingerprint density at radius 1 is 1.25 bits per heavy atom. The van der Waals surface area contributed by atoms with Crippen molar-refractivity contribution < 1.29 is 0 Å². The number of rotatable bonds is 2. The summed E-state index contributed by atoms with van der Waals surface area (Å²) >= 11 is 11.5. The van der Waals surface area contributed by atoms with Gasteiger partial charge in [0, 0.05) is 8.45 Å². The molecule has 0 aliphatic rings. The third-order valence-electron chi connectivity index (χ3n) is 2.38. The Bertz CT molecular complexity index is 507. The van der Waals surface area contributed by atoms with Crippen LogP contribution in [0.3, 0.4) is 0 Å². The van der Waals surface area contributed by atoms with Crippen molar-refractivity contribution in [3.05, 3.63) is 53.7 Å². The van der Waals surface area contributed by atoms with E-state index in [2.05, 4.69) is 91.7 Å². The smallest absolute Gasteiger partial charge is 0.0704 e. The van der Waals surface area contributed by atoms with Gasteiger partial charge in [0.2, 0.25) is 0 Å². The molecule has 2 rings (SSSR count). The lowest BCUT2D eigenvalue weighted by atomic mass is 10.1. The van der Waals surface area contributed by atoms with E-state index in [1.807, 2.05) is 0 Å². The zero-order valence-electron chi connectivity index (χ0n) is 8.51. The first-order valence-electron chi connectivity index (χ1n) is 4.74. The Labute approximate surface area is 130 Å².